The average molecular weight is 295 g/mol. The SMILES string of the molecule is COC(=O)c1c(C)nn(Cc2cccc3cccnc23)c1C. The Hall–Kier alpha value is -2.69. The summed E-state index contributed by atoms with van der Waals surface area (Å²) in [7, 11) is 1.38. The first-order chi connectivity index (χ1) is 10.6. The summed E-state index contributed by atoms with van der Waals surface area (Å²) < 4.78 is 6.65. The molecule has 0 aliphatic carbocycles. The molecule has 0 atom stereocenters. The van der Waals surface area contributed by atoms with Gasteiger partial charge in [-0.25, -0.2) is 4.79 Å². The summed E-state index contributed by atoms with van der Waals surface area (Å²) in [4.78, 5) is 16.3. The highest BCUT2D eigenvalue weighted by molar-refractivity contribution is 5.91. The second-order valence-electron chi connectivity index (χ2n) is 5.19. The van der Waals surface area contributed by atoms with Gasteiger partial charge in [-0.2, -0.15) is 5.10 Å². The van der Waals surface area contributed by atoms with Crippen molar-refractivity contribution in [2.45, 2.75) is 20.4 Å². The van der Waals surface area contributed by atoms with Gasteiger partial charge in [0.15, 0.2) is 0 Å². The Kier molecular flexibility index (Phi) is 3.63. The van der Waals surface area contributed by atoms with E-state index in [0.29, 0.717) is 17.8 Å². The van der Waals surface area contributed by atoms with Crippen LogP contribution in [0.3, 0.4) is 0 Å². The highest BCUT2D eigenvalue weighted by Gasteiger charge is 2.19. The second-order valence-corrected chi connectivity index (χ2v) is 5.19. The number of benzene rings is 1. The predicted octanol–water partition coefficient (Wildman–Crippen LogP) is 2.88. The molecule has 0 saturated carbocycles. The van der Waals surface area contributed by atoms with Crippen LogP contribution in [-0.4, -0.2) is 27.8 Å². The van der Waals surface area contributed by atoms with E-state index in [2.05, 4.69) is 10.1 Å². The zero-order chi connectivity index (χ0) is 15.7. The molecule has 0 spiro atoms. The van der Waals surface area contributed by atoms with Gasteiger partial charge in [0.1, 0.15) is 5.56 Å². The number of hydrogen-bond donors (Lipinski definition) is 0. The largest absolute Gasteiger partial charge is 0.465 e. The molecule has 0 aliphatic heterocycles. The van der Waals surface area contributed by atoms with Gasteiger partial charge in [0, 0.05) is 11.6 Å². The number of para-hydroxylation sites is 1. The molecule has 0 N–H and O–H groups in total. The van der Waals surface area contributed by atoms with Crippen molar-refractivity contribution >= 4 is 16.9 Å². The highest BCUT2D eigenvalue weighted by atomic mass is 16.5. The number of carbonyl (C=O) groups is 1. The fourth-order valence-electron chi connectivity index (χ4n) is 2.70. The van der Waals surface area contributed by atoms with Gasteiger partial charge in [0.2, 0.25) is 0 Å². The molecule has 0 radical (unpaired) electrons. The molecule has 5 nitrogen and oxygen atoms in total. The maximum atomic E-state index is 11.8. The Labute approximate surface area is 128 Å². The highest BCUT2D eigenvalue weighted by Crippen LogP contribution is 2.20. The third kappa shape index (κ3) is 2.35. The number of hydrogen-bond acceptors (Lipinski definition) is 4. The molecule has 2 heterocycles. The van der Waals surface area contributed by atoms with Crippen LogP contribution in [0.4, 0.5) is 0 Å². The van der Waals surface area contributed by atoms with Crippen molar-refractivity contribution in [2.75, 3.05) is 7.11 Å². The third-order valence-corrected chi connectivity index (χ3v) is 3.81. The van der Waals surface area contributed by atoms with Crippen LogP contribution >= 0.6 is 0 Å². The Balaban J connectivity index is 2.05. The molecule has 0 amide bonds. The molecule has 0 bridgehead atoms. The molecule has 112 valence electrons. The van der Waals surface area contributed by atoms with E-state index >= 15 is 0 Å². The molecule has 0 fully saturated rings. The van der Waals surface area contributed by atoms with E-state index in [0.717, 1.165) is 22.2 Å². The number of rotatable bonds is 3. The fraction of sp³-hybridized carbons (Fsp3) is 0.235. The monoisotopic (exact) mass is 295 g/mol. The van der Waals surface area contributed by atoms with Crippen LogP contribution in [0.5, 0.6) is 0 Å². The van der Waals surface area contributed by atoms with E-state index in [-0.39, 0.29) is 5.97 Å². The summed E-state index contributed by atoms with van der Waals surface area (Å²) in [6, 6.07) is 10.0. The maximum absolute atomic E-state index is 11.8. The van der Waals surface area contributed by atoms with E-state index in [9.17, 15) is 4.79 Å². The Bertz CT molecular complexity index is 847. The standard InChI is InChI=1S/C17H17N3O2/c1-11-15(17(21)22-3)12(2)20(19-11)10-14-7-4-6-13-8-5-9-18-16(13)14/h4-9H,10H2,1-3H3. The minimum atomic E-state index is -0.350. The molecular weight excluding hydrogens is 278 g/mol. The smallest absolute Gasteiger partial charge is 0.341 e. The molecular formula is C17H17N3O2. The quantitative estimate of drug-likeness (QED) is 0.697. The molecule has 0 aliphatic rings. The Morgan fingerprint density at radius 2 is 2.00 bits per heavy atom. The van der Waals surface area contributed by atoms with E-state index in [4.69, 9.17) is 4.74 Å². The lowest BCUT2D eigenvalue weighted by Gasteiger charge is -2.08. The summed E-state index contributed by atoms with van der Waals surface area (Å²) in [5, 5.41) is 5.56. The second kappa shape index (κ2) is 5.60. The van der Waals surface area contributed by atoms with Crippen molar-refractivity contribution in [3.05, 3.63) is 59.0 Å². The number of nitrogens with zero attached hydrogens (tertiary/aromatic N) is 3. The summed E-state index contributed by atoms with van der Waals surface area (Å²) >= 11 is 0. The van der Waals surface area contributed by atoms with Crippen molar-refractivity contribution in [1.29, 1.82) is 0 Å². The molecule has 0 saturated heterocycles. The van der Waals surface area contributed by atoms with E-state index in [1.54, 1.807) is 6.20 Å². The molecule has 3 rings (SSSR count). The van der Waals surface area contributed by atoms with Crippen molar-refractivity contribution in [1.82, 2.24) is 14.8 Å². The zero-order valence-corrected chi connectivity index (χ0v) is 12.8. The lowest BCUT2D eigenvalue weighted by molar-refractivity contribution is 0.0599. The molecule has 22 heavy (non-hydrogen) atoms. The molecule has 0 unspecified atom stereocenters. The van der Waals surface area contributed by atoms with Gasteiger partial charge in [-0.15, -0.1) is 0 Å². The summed E-state index contributed by atoms with van der Waals surface area (Å²) in [5.74, 6) is -0.350. The van der Waals surface area contributed by atoms with Gasteiger partial charge in [-0.05, 0) is 25.5 Å². The van der Waals surface area contributed by atoms with E-state index in [1.807, 2.05) is 48.9 Å². The predicted molar refractivity (Wildman–Crippen MR) is 83.9 cm³/mol. The van der Waals surface area contributed by atoms with Gasteiger partial charge in [0.25, 0.3) is 0 Å². The number of aryl methyl sites for hydroxylation is 1. The first-order valence-electron chi connectivity index (χ1n) is 7.06. The lowest BCUT2D eigenvalue weighted by Crippen LogP contribution is -2.07. The van der Waals surface area contributed by atoms with Gasteiger partial charge in [-0.3, -0.25) is 9.67 Å². The number of esters is 1. The summed E-state index contributed by atoms with van der Waals surface area (Å²) in [6.45, 7) is 4.26. The number of pyridine rings is 1. The van der Waals surface area contributed by atoms with E-state index in [1.165, 1.54) is 7.11 Å². The summed E-state index contributed by atoms with van der Waals surface area (Å²) in [5.41, 5.74) is 4.04. The Morgan fingerprint density at radius 3 is 2.77 bits per heavy atom. The van der Waals surface area contributed by atoms with E-state index < -0.39 is 0 Å². The van der Waals surface area contributed by atoms with Crippen LogP contribution in [0.15, 0.2) is 36.5 Å². The van der Waals surface area contributed by atoms with Crippen molar-refractivity contribution in [3.63, 3.8) is 0 Å². The maximum Gasteiger partial charge on any atom is 0.341 e. The van der Waals surface area contributed by atoms with Crippen molar-refractivity contribution in [2.24, 2.45) is 0 Å². The number of ether oxygens (including phenoxy) is 1. The lowest BCUT2D eigenvalue weighted by atomic mass is 10.1. The van der Waals surface area contributed by atoms with Crippen molar-refractivity contribution < 1.29 is 9.53 Å². The molecule has 3 aromatic rings. The third-order valence-electron chi connectivity index (χ3n) is 3.81. The first kappa shape index (κ1) is 14.3. The van der Waals surface area contributed by atoms with Gasteiger partial charge >= 0.3 is 5.97 Å². The summed E-state index contributed by atoms with van der Waals surface area (Å²) in [6.07, 6.45) is 1.78. The number of fused-ring (bicyclic) bond motifs is 1. The normalized spacial score (nSPS) is 10.9. The van der Waals surface area contributed by atoms with Crippen LogP contribution in [-0.2, 0) is 11.3 Å². The van der Waals surface area contributed by atoms with Crippen LogP contribution in [0.25, 0.3) is 10.9 Å². The minimum absolute atomic E-state index is 0.350. The van der Waals surface area contributed by atoms with Gasteiger partial charge in [0.05, 0.1) is 30.6 Å². The van der Waals surface area contributed by atoms with Crippen LogP contribution in [0, 0.1) is 13.8 Å². The Morgan fingerprint density at radius 1 is 1.23 bits per heavy atom. The number of carbonyl (C=O) groups excluding carboxylic acids is 1. The van der Waals surface area contributed by atoms with Crippen LogP contribution in [0.1, 0.15) is 27.3 Å². The topological polar surface area (TPSA) is 57.0 Å². The molecule has 1 aromatic carbocycles. The molecule has 2 aromatic heterocycles. The van der Waals surface area contributed by atoms with Crippen LogP contribution in [0.2, 0.25) is 0 Å². The fourth-order valence-corrected chi connectivity index (χ4v) is 2.70. The number of aromatic nitrogens is 3. The van der Waals surface area contributed by atoms with Gasteiger partial charge < -0.3 is 4.74 Å². The van der Waals surface area contributed by atoms with Crippen LogP contribution < -0.4 is 0 Å². The number of methoxy groups -OCH3 is 1. The van der Waals surface area contributed by atoms with Gasteiger partial charge in [-0.1, -0.05) is 24.3 Å². The average Bonchev–Trinajstić information content (AvgIpc) is 2.81. The minimum Gasteiger partial charge on any atom is -0.465 e. The first-order valence-corrected chi connectivity index (χ1v) is 7.06. The zero-order valence-electron chi connectivity index (χ0n) is 12.8. The van der Waals surface area contributed by atoms with Crippen molar-refractivity contribution in [3.8, 4) is 0 Å². The molecule has 5 heteroatoms.